The van der Waals surface area contributed by atoms with Crippen molar-refractivity contribution in [1.82, 2.24) is 0 Å². The molecule has 1 aromatic carbocycles. The zero-order valence-electron chi connectivity index (χ0n) is 11.2. The number of ether oxygens (including phenoxy) is 1. The van der Waals surface area contributed by atoms with Gasteiger partial charge in [0.2, 0.25) is 5.91 Å². The molecule has 1 N–H and O–H groups in total. The van der Waals surface area contributed by atoms with Gasteiger partial charge in [0.1, 0.15) is 5.75 Å². The van der Waals surface area contributed by atoms with Crippen molar-refractivity contribution in [2.24, 2.45) is 5.92 Å². The summed E-state index contributed by atoms with van der Waals surface area (Å²) in [5, 5.41) is 2.98. The van der Waals surface area contributed by atoms with Crippen molar-refractivity contribution < 1.29 is 9.53 Å². The number of benzene rings is 1. The quantitative estimate of drug-likeness (QED) is 0.836. The average molecular weight is 247 g/mol. The first-order valence-corrected chi connectivity index (χ1v) is 6.81. The largest absolute Gasteiger partial charge is 0.494 e. The van der Waals surface area contributed by atoms with Crippen molar-refractivity contribution in [2.75, 3.05) is 11.9 Å². The molecule has 0 heterocycles. The van der Waals surface area contributed by atoms with E-state index in [2.05, 4.69) is 12.2 Å². The minimum atomic E-state index is 0.154. The Balaban J connectivity index is 2.10. The van der Waals surface area contributed by atoms with Crippen LogP contribution in [0, 0.1) is 5.92 Å². The van der Waals surface area contributed by atoms with Gasteiger partial charge in [-0.2, -0.15) is 0 Å². The van der Waals surface area contributed by atoms with Crippen LogP contribution >= 0.6 is 0 Å². The first kappa shape index (κ1) is 12.9. The Kier molecular flexibility index (Phi) is 4.24. The van der Waals surface area contributed by atoms with Gasteiger partial charge in [-0.15, -0.1) is 0 Å². The van der Waals surface area contributed by atoms with Gasteiger partial charge in [0.25, 0.3) is 0 Å². The second-order valence-corrected chi connectivity index (χ2v) is 4.77. The molecule has 1 amide bonds. The number of carbonyl (C=O) groups is 1. The number of hydrogen-bond acceptors (Lipinski definition) is 2. The topological polar surface area (TPSA) is 38.3 Å². The molecule has 0 atom stereocenters. The molecule has 2 rings (SSSR count). The number of nitrogens with one attached hydrogen (secondary N) is 1. The number of carbonyl (C=O) groups excluding carboxylic acids is 1. The first-order valence-electron chi connectivity index (χ1n) is 6.81. The second-order valence-electron chi connectivity index (χ2n) is 4.77. The molecule has 18 heavy (non-hydrogen) atoms. The fourth-order valence-corrected chi connectivity index (χ4v) is 2.01. The number of hydrogen-bond donors (Lipinski definition) is 1. The lowest BCUT2D eigenvalue weighted by molar-refractivity contribution is -0.117. The Morgan fingerprint density at radius 3 is 2.78 bits per heavy atom. The maximum Gasteiger partial charge on any atom is 0.227 e. The van der Waals surface area contributed by atoms with Gasteiger partial charge in [-0.05, 0) is 49.9 Å². The lowest BCUT2D eigenvalue weighted by atomic mass is 10.1. The highest BCUT2D eigenvalue weighted by atomic mass is 16.5. The fraction of sp³-hybridized carbons (Fsp3) is 0.533. The molecule has 0 saturated heterocycles. The minimum Gasteiger partial charge on any atom is -0.494 e. The molecular formula is C15H21NO2. The summed E-state index contributed by atoms with van der Waals surface area (Å²) in [5.74, 6) is 1.33. The third-order valence-electron chi connectivity index (χ3n) is 3.10. The molecule has 1 fully saturated rings. The highest BCUT2D eigenvalue weighted by Crippen LogP contribution is 2.31. The summed E-state index contributed by atoms with van der Waals surface area (Å²) in [6.07, 6.45) is 4.11. The summed E-state index contributed by atoms with van der Waals surface area (Å²) < 4.78 is 5.60. The zero-order chi connectivity index (χ0) is 13.0. The normalized spacial score (nSPS) is 14.3. The predicted octanol–water partition coefficient (Wildman–Crippen LogP) is 3.39. The van der Waals surface area contributed by atoms with Crippen molar-refractivity contribution in [2.45, 2.75) is 39.5 Å². The molecular weight excluding hydrogens is 226 g/mol. The van der Waals surface area contributed by atoms with Crippen molar-refractivity contribution in [1.29, 1.82) is 0 Å². The molecule has 1 aromatic rings. The summed E-state index contributed by atoms with van der Waals surface area (Å²) >= 11 is 0. The molecule has 0 spiro atoms. The Morgan fingerprint density at radius 1 is 1.39 bits per heavy atom. The molecule has 0 bridgehead atoms. The molecule has 3 heteroatoms. The number of amides is 1. The Morgan fingerprint density at radius 2 is 2.17 bits per heavy atom. The molecule has 98 valence electrons. The van der Waals surface area contributed by atoms with Crippen LogP contribution in [0.2, 0.25) is 0 Å². The predicted molar refractivity (Wildman–Crippen MR) is 73.0 cm³/mol. The standard InChI is InChI=1S/C15H21NO2/c1-3-5-12-10-13(8-9-14(12)18-4-2)16-15(17)11-6-7-11/h8-11H,3-7H2,1-2H3,(H,16,17). The van der Waals surface area contributed by atoms with Crippen LogP contribution in [0.15, 0.2) is 18.2 Å². The van der Waals surface area contributed by atoms with E-state index in [4.69, 9.17) is 4.74 Å². The van der Waals surface area contributed by atoms with Gasteiger partial charge >= 0.3 is 0 Å². The smallest absolute Gasteiger partial charge is 0.227 e. The average Bonchev–Trinajstić information content (AvgIpc) is 3.17. The lowest BCUT2D eigenvalue weighted by Crippen LogP contribution is -2.13. The van der Waals surface area contributed by atoms with E-state index in [1.54, 1.807) is 0 Å². The van der Waals surface area contributed by atoms with Gasteiger partial charge in [0, 0.05) is 11.6 Å². The molecule has 0 aromatic heterocycles. The lowest BCUT2D eigenvalue weighted by Gasteiger charge is -2.12. The highest BCUT2D eigenvalue weighted by molar-refractivity contribution is 5.94. The van der Waals surface area contributed by atoms with Crippen molar-refractivity contribution in [3.05, 3.63) is 23.8 Å². The second kappa shape index (κ2) is 5.89. The van der Waals surface area contributed by atoms with Crippen molar-refractivity contribution in [3.63, 3.8) is 0 Å². The summed E-state index contributed by atoms with van der Waals surface area (Å²) in [5.41, 5.74) is 2.06. The molecule has 0 unspecified atom stereocenters. The third kappa shape index (κ3) is 3.25. The van der Waals surface area contributed by atoms with E-state index in [9.17, 15) is 4.79 Å². The van der Waals surface area contributed by atoms with Gasteiger partial charge in [-0.1, -0.05) is 13.3 Å². The maximum absolute atomic E-state index is 11.7. The van der Waals surface area contributed by atoms with E-state index in [0.717, 1.165) is 37.1 Å². The van der Waals surface area contributed by atoms with Crippen LogP contribution in [0.25, 0.3) is 0 Å². The van der Waals surface area contributed by atoms with Gasteiger partial charge in [-0.25, -0.2) is 0 Å². The maximum atomic E-state index is 11.7. The van der Waals surface area contributed by atoms with Crippen molar-refractivity contribution >= 4 is 11.6 Å². The summed E-state index contributed by atoms with van der Waals surface area (Å²) in [6, 6.07) is 5.91. The van der Waals surface area contributed by atoms with Gasteiger partial charge in [-0.3, -0.25) is 4.79 Å². The monoisotopic (exact) mass is 247 g/mol. The third-order valence-corrected chi connectivity index (χ3v) is 3.10. The number of anilines is 1. The molecule has 1 aliphatic rings. The molecule has 0 radical (unpaired) electrons. The van der Waals surface area contributed by atoms with Crippen LogP contribution < -0.4 is 10.1 Å². The van der Waals surface area contributed by atoms with Gasteiger partial charge in [0.15, 0.2) is 0 Å². The molecule has 1 aliphatic carbocycles. The van der Waals surface area contributed by atoms with Crippen LogP contribution in [0.4, 0.5) is 5.69 Å². The molecule has 0 aliphatic heterocycles. The van der Waals surface area contributed by atoms with Crippen LogP contribution in [0.3, 0.4) is 0 Å². The number of rotatable bonds is 6. The number of aryl methyl sites for hydroxylation is 1. The molecule has 1 saturated carbocycles. The van der Waals surface area contributed by atoms with E-state index in [1.807, 2.05) is 25.1 Å². The Labute approximate surface area is 109 Å². The van der Waals surface area contributed by atoms with E-state index in [1.165, 1.54) is 5.56 Å². The van der Waals surface area contributed by atoms with Crippen LogP contribution in [0.5, 0.6) is 5.75 Å². The highest BCUT2D eigenvalue weighted by Gasteiger charge is 2.29. The van der Waals surface area contributed by atoms with E-state index in [0.29, 0.717) is 6.61 Å². The molecule has 3 nitrogen and oxygen atoms in total. The van der Waals surface area contributed by atoms with Crippen LogP contribution in [-0.2, 0) is 11.2 Å². The zero-order valence-corrected chi connectivity index (χ0v) is 11.2. The van der Waals surface area contributed by atoms with Gasteiger partial charge < -0.3 is 10.1 Å². The van der Waals surface area contributed by atoms with Crippen LogP contribution in [0.1, 0.15) is 38.7 Å². The van der Waals surface area contributed by atoms with Crippen molar-refractivity contribution in [3.8, 4) is 5.75 Å². The summed E-state index contributed by atoms with van der Waals surface area (Å²) in [4.78, 5) is 11.7. The Bertz CT molecular complexity index is 425. The van der Waals surface area contributed by atoms with E-state index < -0.39 is 0 Å². The van der Waals surface area contributed by atoms with Gasteiger partial charge in [0.05, 0.1) is 6.61 Å². The summed E-state index contributed by atoms with van der Waals surface area (Å²) in [6.45, 7) is 4.80. The van der Waals surface area contributed by atoms with Crippen LogP contribution in [-0.4, -0.2) is 12.5 Å². The first-order chi connectivity index (χ1) is 8.74. The van der Waals surface area contributed by atoms with E-state index in [-0.39, 0.29) is 11.8 Å². The minimum absolute atomic E-state index is 0.154. The summed E-state index contributed by atoms with van der Waals surface area (Å²) in [7, 11) is 0. The fourth-order valence-electron chi connectivity index (χ4n) is 2.01. The Hall–Kier alpha value is -1.51. The van der Waals surface area contributed by atoms with E-state index >= 15 is 0 Å². The SMILES string of the molecule is CCCc1cc(NC(=O)C2CC2)ccc1OCC.